The molecular formula is C15H11Cl3OS. The minimum Gasteiger partial charge on any atom is -0.491 e. The first-order valence-corrected chi connectivity index (χ1v) is 8.17. The topological polar surface area (TPSA) is 9.23 Å². The van der Waals surface area contributed by atoms with Crippen molar-refractivity contribution < 1.29 is 4.74 Å². The molecule has 2 aromatic rings. The monoisotopic (exact) mass is 344 g/mol. The molecule has 1 nitrogen and oxygen atoms in total. The maximum absolute atomic E-state index is 6.10. The number of rotatable bonds is 3. The SMILES string of the molecule is Clc1cc(Cl)c(OCC2Cc3ccccc3S2)cc1Cl. The first kappa shape index (κ1) is 14.4. The van der Waals surface area contributed by atoms with Gasteiger partial charge in [-0.3, -0.25) is 0 Å². The third-order valence-corrected chi connectivity index (χ3v) is 5.42. The Kier molecular flexibility index (Phi) is 4.37. The summed E-state index contributed by atoms with van der Waals surface area (Å²) in [6.07, 6.45) is 1.01. The molecule has 3 rings (SSSR count). The van der Waals surface area contributed by atoms with Gasteiger partial charge in [-0.25, -0.2) is 0 Å². The van der Waals surface area contributed by atoms with Gasteiger partial charge in [0, 0.05) is 16.2 Å². The standard InChI is InChI=1S/C15H11Cl3OS/c16-11-6-13(18)14(7-12(11)17)19-8-10-5-9-3-1-2-4-15(9)20-10/h1-4,6-7,10H,5,8H2. The average Bonchev–Trinajstić information content (AvgIpc) is 2.84. The van der Waals surface area contributed by atoms with Gasteiger partial charge in [0.25, 0.3) is 0 Å². The van der Waals surface area contributed by atoms with Gasteiger partial charge in [-0.2, -0.15) is 0 Å². The summed E-state index contributed by atoms with van der Waals surface area (Å²) in [5.74, 6) is 0.581. The van der Waals surface area contributed by atoms with Crippen LogP contribution in [0.2, 0.25) is 15.1 Å². The number of ether oxygens (including phenoxy) is 1. The van der Waals surface area contributed by atoms with Crippen LogP contribution in [0.1, 0.15) is 5.56 Å². The number of benzene rings is 2. The third kappa shape index (κ3) is 3.04. The van der Waals surface area contributed by atoms with Crippen molar-refractivity contribution in [2.45, 2.75) is 16.6 Å². The molecule has 1 atom stereocenters. The van der Waals surface area contributed by atoms with Gasteiger partial charge in [0.15, 0.2) is 0 Å². The Balaban J connectivity index is 1.66. The second kappa shape index (κ2) is 6.07. The van der Waals surface area contributed by atoms with Crippen LogP contribution in [0.3, 0.4) is 0 Å². The normalized spacial score (nSPS) is 17.1. The van der Waals surface area contributed by atoms with E-state index < -0.39 is 0 Å². The van der Waals surface area contributed by atoms with Crippen molar-refractivity contribution in [2.24, 2.45) is 0 Å². The van der Waals surface area contributed by atoms with Gasteiger partial charge >= 0.3 is 0 Å². The van der Waals surface area contributed by atoms with E-state index in [1.54, 1.807) is 12.1 Å². The van der Waals surface area contributed by atoms with Crippen LogP contribution < -0.4 is 4.74 Å². The highest BCUT2D eigenvalue weighted by atomic mass is 35.5. The highest BCUT2D eigenvalue weighted by Crippen LogP contribution is 2.38. The molecule has 1 unspecified atom stereocenters. The fourth-order valence-electron chi connectivity index (χ4n) is 2.14. The lowest BCUT2D eigenvalue weighted by Crippen LogP contribution is -2.13. The van der Waals surface area contributed by atoms with Crippen LogP contribution >= 0.6 is 46.6 Å². The lowest BCUT2D eigenvalue weighted by molar-refractivity contribution is 0.318. The van der Waals surface area contributed by atoms with Gasteiger partial charge < -0.3 is 4.74 Å². The lowest BCUT2D eigenvalue weighted by Gasteiger charge is -2.13. The van der Waals surface area contributed by atoms with Crippen LogP contribution in [0.25, 0.3) is 0 Å². The fraction of sp³-hybridized carbons (Fsp3) is 0.200. The Morgan fingerprint density at radius 3 is 2.60 bits per heavy atom. The van der Waals surface area contributed by atoms with Crippen LogP contribution in [0.15, 0.2) is 41.3 Å². The van der Waals surface area contributed by atoms with Crippen LogP contribution in [0.4, 0.5) is 0 Å². The van der Waals surface area contributed by atoms with E-state index in [9.17, 15) is 0 Å². The first-order chi connectivity index (χ1) is 9.63. The molecule has 0 bridgehead atoms. The Bertz CT molecular complexity index is 620. The minimum atomic E-state index is 0.401. The Hall–Kier alpha value is -0.540. The van der Waals surface area contributed by atoms with Crippen molar-refractivity contribution >= 4 is 46.6 Å². The highest BCUT2D eigenvalue weighted by molar-refractivity contribution is 8.00. The van der Waals surface area contributed by atoms with Crippen molar-refractivity contribution in [3.63, 3.8) is 0 Å². The second-order valence-electron chi connectivity index (χ2n) is 4.56. The molecule has 0 saturated carbocycles. The van der Waals surface area contributed by atoms with Gasteiger partial charge in [0.05, 0.1) is 15.1 Å². The predicted octanol–water partition coefficient (Wildman–Crippen LogP) is 5.74. The maximum Gasteiger partial charge on any atom is 0.139 e. The number of fused-ring (bicyclic) bond motifs is 1. The molecule has 5 heteroatoms. The van der Waals surface area contributed by atoms with E-state index in [0.29, 0.717) is 32.7 Å². The number of hydrogen-bond donors (Lipinski definition) is 0. The molecule has 1 aliphatic rings. The Morgan fingerprint density at radius 2 is 1.80 bits per heavy atom. The molecule has 20 heavy (non-hydrogen) atoms. The number of thioether (sulfide) groups is 1. The summed E-state index contributed by atoms with van der Waals surface area (Å²) in [6.45, 7) is 0.594. The molecule has 0 radical (unpaired) electrons. The molecule has 0 N–H and O–H groups in total. The molecule has 0 aliphatic carbocycles. The zero-order chi connectivity index (χ0) is 14.1. The van der Waals surface area contributed by atoms with E-state index >= 15 is 0 Å². The minimum absolute atomic E-state index is 0.401. The summed E-state index contributed by atoms with van der Waals surface area (Å²) in [5, 5.41) is 1.78. The summed E-state index contributed by atoms with van der Waals surface area (Å²) < 4.78 is 5.79. The van der Waals surface area contributed by atoms with E-state index in [1.165, 1.54) is 10.5 Å². The molecule has 1 heterocycles. The van der Waals surface area contributed by atoms with Crippen LogP contribution in [0, 0.1) is 0 Å². The molecule has 0 fully saturated rings. The first-order valence-electron chi connectivity index (χ1n) is 6.15. The highest BCUT2D eigenvalue weighted by Gasteiger charge is 2.22. The number of hydrogen-bond acceptors (Lipinski definition) is 2. The summed E-state index contributed by atoms with van der Waals surface area (Å²) in [7, 11) is 0. The summed E-state index contributed by atoms with van der Waals surface area (Å²) >= 11 is 19.8. The average molecular weight is 346 g/mol. The van der Waals surface area contributed by atoms with Gasteiger partial charge in [-0.1, -0.05) is 53.0 Å². The van der Waals surface area contributed by atoms with Gasteiger partial charge in [-0.05, 0) is 24.1 Å². The third-order valence-electron chi connectivity index (χ3n) is 3.11. The Labute approximate surface area is 137 Å². The fourth-order valence-corrected chi connectivity index (χ4v) is 3.95. The van der Waals surface area contributed by atoms with Crippen LogP contribution in [-0.4, -0.2) is 11.9 Å². The van der Waals surface area contributed by atoms with E-state index in [0.717, 1.165) is 6.42 Å². The maximum atomic E-state index is 6.10. The van der Waals surface area contributed by atoms with Crippen molar-refractivity contribution in [3.8, 4) is 5.75 Å². The van der Waals surface area contributed by atoms with E-state index in [4.69, 9.17) is 39.5 Å². The summed E-state index contributed by atoms with van der Waals surface area (Å²) in [6, 6.07) is 11.7. The molecule has 1 aliphatic heterocycles. The summed E-state index contributed by atoms with van der Waals surface area (Å²) in [4.78, 5) is 1.33. The van der Waals surface area contributed by atoms with E-state index in [-0.39, 0.29) is 0 Å². The quantitative estimate of drug-likeness (QED) is 0.656. The summed E-state index contributed by atoms with van der Waals surface area (Å²) in [5.41, 5.74) is 1.38. The molecule has 104 valence electrons. The largest absolute Gasteiger partial charge is 0.491 e. The second-order valence-corrected chi connectivity index (χ2v) is 7.12. The molecule has 2 aromatic carbocycles. The van der Waals surface area contributed by atoms with Crippen LogP contribution in [0.5, 0.6) is 5.75 Å². The van der Waals surface area contributed by atoms with E-state index in [1.807, 2.05) is 11.8 Å². The van der Waals surface area contributed by atoms with Crippen molar-refractivity contribution in [1.82, 2.24) is 0 Å². The van der Waals surface area contributed by atoms with E-state index in [2.05, 4.69) is 24.3 Å². The lowest BCUT2D eigenvalue weighted by atomic mass is 10.1. The van der Waals surface area contributed by atoms with Crippen molar-refractivity contribution in [1.29, 1.82) is 0 Å². The van der Waals surface area contributed by atoms with Crippen molar-refractivity contribution in [2.75, 3.05) is 6.61 Å². The molecule has 0 amide bonds. The van der Waals surface area contributed by atoms with Gasteiger partial charge in [0.1, 0.15) is 12.4 Å². The zero-order valence-corrected chi connectivity index (χ0v) is 13.5. The smallest absolute Gasteiger partial charge is 0.139 e. The Morgan fingerprint density at radius 1 is 1.05 bits per heavy atom. The molecular weight excluding hydrogens is 335 g/mol. The molecule has 0 spiro atoms. The number of halogens is 3. The van der Waals surface area contributed by atoms with Gasteiger partial charge in [0.2, 0.25) is 0 Å². The van der Waals surface area contributed by atoms with Crippen LogP contribution in [-0.2, 0) is 6.42 Å². The van der Waals surface area contributed by atoms with Crippen molar-refractivity contribution in [3.05, 3.63) is 57.0 Å². The predicted molar refractivity (Wildman–Crippen MR) is 86.8 cm³/mol. The zero-order valence-electron chi connectivity index (χ0n) is 10.4. The van der Waals surface area contributed by atoms with Gasteiger partial charge in [-0.15, -0.1) is 11.8 Å². The molecule has 0 saturated heterocycles. The molecule has 0 aromatic heterocycles.